The Bertz CT molecular complexity index is 384. The number of hydrogen-bond acceptors (Lipinski definition) is 4. The van der Waals surface area contributed by atoms with E-state index in [0.717, 1.165) is 6.07 Å². The molecule has 0 saturated heterocycles. The molecule has 18 heavy (non-hydrogen) atoms. The van der Waals surface area contributed by atoms with Crippen LogP contribution in [-0.4, -0.2) is 34.8 Å². The Kier molecular flexibility index (Phi) is 5.30. The van der Waals surface area contributed by atoms with Gasteiger partial charge >= 0.3 is 6.98 Å². The van der Waals surface area contributed by atoms with Crippen LogP contribution >= 0.6 is 0 Å². The van der Waals surface area contributed by atoms with Crippen molar-refractivity contribution in [1.29, 1.82) is 0 Å². The molecule has 0 atom stereocenters. The van der Waals surface area contributed by atoms with Crippen molar-refractivity contribution in [3.05, 3.63) is 18.2 Å². The first-order valence-electron chi connectivity index (χ1n) is 5.06. The second-order valence-corrected chi connectivity index (χ2v) is 3.38. The van der Waals surface area contributed by atoms with Gasteiger partial charge in [-0.2, -0.15) is 0 Å². The molecular weight excluding hydrogens is 252 g/mol. The summed E-state index contributed by atoms with van der Waals surface area (Å²) in [5.74, 6) is -0.218. The first kappa shape index (κ1) is 14.7. The monoisotopic (exact) mass is 265 g/mol. The van der Waals surface area contributed by atoms with Crippen LogP contribution in [0.25, 0.3) is 0 Å². The highest BCUT2D eigenvalue weighted by molar-refractivity contribution is 6.74. The lowest BCUT2D eigenvalue weighted by Crippen LogP contribution is -2.35. The van der Waals surface area contributed by atoms with Gasteiger partial charge in [-0.1, -0.05) is 5.46 Å². The topological polar surface area (TPSA) is 36.9 Å². The van der Waals surface area contributed by atoms with Crippen LogP contribution in [0.5, 0.6) is 11.5 Å². The molecule has 0 amide bonds. The molecule has 102 valence electrons. The molecule has 1 aromatic rings. The second kappa shape index (κ2) is 6.51. The molecule has 0 bridgehead atoms. The van der Waals surface area contributed by atoms with E-state index in [2.05, 4.69) is 9.47 Å². The molecule has 0 aliphatic carbocycles. The van der Waals surface area contributed by atoms with Crippen LogP contribution < -0.4 is 14.9 Å². The van der Waals surface area contributed by atoms with Crippen LogP contribution in [0.1, 0.15) is 0 Å². The van der Waals surface area contributed by atoms with E-state index in [0.29, 0.717) is 0 Å². The number of rotatable bonds is 7. The lowest BCUT2D eigenvalue weighted by atomic mass is 9.79. The zero-order chi connectivity index (χ0) is 13.6. The molecule has 8 heteroatoms. The molecule has 0 saturated carbocycles. The Labute approximate surface area is 103 Å². The van der Waals surface area contributed by atoms with Gasteiger partial charge in [0.05, 0.1) is 5.75 Å². The van der Waals surface area contributed by atoms with Crippen LogP contribution in [0.4, 0.5) is 12.9 Å². The summed E-state index contributed by atoms with van der Waals surface area (Å²) in [6, 6.07) is 3.44. The Hall–Kier alpha value is -1.41. The molecule has 0 radical (unpaired) electrons. The molecule has 0 aromatic heterocycles. The maximum atomic E-state index is 12.8. The van der Waals surface area contributed by atoms with E-state index in [1.807, 2.05) is 0 Å². The third-order valence-electron chi connectivity index (χ3n) is 2.01. The zero-order valence-corrected chi connectivity index (χ0v) is 9.99. The average Bonchev–Trinajstić information content (AvgIpc) is 2.33. The van der Waals surface area contributed by atoms with Gasteiger partial charge < -0.3 is 31.9 Å². The van der Waals surface area contributed by atoms with Crippen LogP contribution in [0.3, 0.4) is 0 Å². The van der Waals surface area contributed by atoms with Crippen molar-refractivity contribution >= 4 is 12.4 Å². The largest absolute Gasteiger partial charge is 0.513 e. The highest BCUT2D eigenvalue weighted by Gasteiger charge is 2.30. The Morgan fingerprint density at radius 1 is 1.00 bits per heavy atom. The maximum absolute atomic E-state index is 12.8. The van der Waals surface area contributed by atoms with Gasteiger partial charge in [0.1, 0.15) is 5.75 Å². The average molecular weight is 265 g/mol. The van der Waals surface area contributed by atoms with Crippen molar-refractivity contribution in [2.45, 2.75) is 0 Å². The number of ether oxygens (including phenoxy) is 4. The van der Waals surface area contributed by atoms with E-state index in [4.69, 9.17) is 9.47 Å². The van der Waals surface area contributed by atoms with Gasteiger partial charge in [0, 0.05) is 14.2 Å². The van der Waals surface area contributed by atoms with E-state index in [-0.39, 0.29) is 25.1 Å². The van der Waals surface area contributed by atoms with Gasteiger partial charge in [-0.15, -0.1) is 0 Å². The summed E-state index contributed by atoms with van der Waals surface area (Å²) in [7, 11) is 2.71. The Morgan fingerprint density at radius 3 is 2.17 bits per heavy atom. The fourth-order valence-electron chi connectivity index (χ4n) is 1.25. The minimum atomic E-state index is -5.19. The molecule has 0 fully saturated rings. The van der Waals surface area contributed by atoms with Gasteiger partial charge in [-0.25, -0.2) is 0 Å². The van der Waals surface area contributed by atoms with Crippen molar-refractivity contribution < 1.29 is 31.9 Å². The Morgan fingerprint density at radius 2 is 1.61 bits per heavy atom. The molecule has 0 spiro atoms. The summed E-state index contributed by atoms with van der Waals surface area (Å²) in [6.07, 6.45) is 0. The highest BCUT2D eigenvalue weighted by Crippen LogP contribution is 2.22. The summed E-state index contributed by atoms with van der Waals surface area (Å²) >= 11 is 0. The van der Waals surface area contributed by atoms with Gasteiger partial charge in [0.2, 0.25) is 0 Å². The first-order chi connectivity index (χ1) is 8.49. The molecule has 0 N–H and O–H groups in total. The predicted molar refractivity (Wildman–Crippen MR) is 60.2 cm³/mol. The summed E-state index contributed by atoms with van der Waals surface area (Å²) in [5.41, 5.74) is -0.861. The van der Waals surface area contributed by atoms with Gasteiger partial charge in [0.25, 0.3) is 0 Å². The van der Waals surface area contributed by atoms with E-state index in [1.165, 1.54) is 26.4 Å². The van der Waals surface area contributed by atoms with Gasteiger partial charge in [-0.05, 0) is 18.2 Å². The maximum Gasteiger partial charge on any atom is 0.513 e. The fourth-order valence-corrected chi connectivity index (χ4v) is 1.25. The minimum Gasteiger partial charge on any atom is -0.471 e. The number of halogens is 3. The molecule has 4 nitrogen and oxygen atoms in total. The summed E-state index contributed by atoms with van der Waals surface area (Å²) in [4.78, 5) is 0. The number of methoxy groups -OCH3 is 2. The van der Waals surface area contributed by atoms with Crippen molar-refractivity contribution in [1.82, 2.24) is 0 Å². The fraction of sp³-hybridized carbons (Fsp3) is 0.400. The standard InChI is InChI=1S/C10H13BF3O4/c1-15-6-17-8-3-4-10(18-7-16-2)9(5-8)11(12,13)14/h3-5H,6-7H2,1-2H3/q-1. The minimum absolute atomic E-state index is 0.0656. The quantitative estimate of drug-likeness (QED) is 0.555. The normalized spacial score (nSPS) is 11.4. The van der Waals surface area contributed by atoms with Gasteiger partial charge in [-0.3, -0.25) is 0 Å². The van der Waals surface area contributed by atoms with E-state index in [9.17, 15) is 12.9 Å². The van der Waals surface area contributed by atoms with E-state index >= 15 is 0 Å². The Balaban J connectivity index is 2.97. The van der Waals surface area contributed by atoms with E-state index in [1.54, 1.807) is 0 Å². The second-order valence-electron chi connectivity index (χ2n) is 3.38. The SMILES string of the molecule is COCOc1ccc(OCOC)c([B-](F)(F)F)c1. The molecule has 0 unspecified atom stereocenters. The summed E-state index contributed by atoms with van der Waals surface area (Å²) < 4.78 is 57.5. The van der Waals surface area contributed by atoms with Crippen molar-refractivity contribution in [2.24, 2.45) is 0 Å². The molecule has 1 aromatic carbocycles. The highest BCUT2D eigenvalue weighted by atomic mass is 19.4. The smallest absolute Gasteiger partial charge is 0.471 e. The molecular formula is C10H13BF3O4-. The van der Waals surface area contributed by atoms with Crippen LogP contribution in [0, 0.1) is 0 Å². The van der Waals surface area contributed by atoms with E-state index < -0.39 is 12.4 Å². The molecule has 0 aliphatic rings. The van der Waals surface area contributed by atoms with Crippen LogP contribution in [0.15, 0.2) is 18.2 Å². The summed E-state index contributed by atoms with van der Waals surface area (Å²) in [6.45, 7) is -5.57. The summed E-state index contributed by atoms with van der Waals surface area (Å²) in [5, 5.41) is 0. The van der Waals surface area contributed by atoms with Crippen LogP contribution in [0.2, 0.25) is 0 Å². The van der Waals surface area contributed by atoms with Crippen molar-refractivity contribution in [2.75, 3.05) is 27.8 Å². The lowest BCUT2D eigenvalue weighted by molar-refractivity contribution is 0.0488. The first-order valence-corrected chi connectivity index (χ1v) is 5.06. The number of hydrogen-bond donors (Lipinski definition) is 0. The van der Waals surface area contributed by atoms with Crippen molar-refractivity contribution in [3.63, 3.8) is 0 Å². The zero-order valence-electron chi connectivity index (χ0n) is 9.99. The van der Waals surface area contributed by atoms with Crippen molar-refractivity contribution in [3.8, 4) is 11.5 Å². The molecule has 0 aliphatic heterocycles. The predicted octanol–water partition coefficient (Wildman–Crippen LogP) is 1.71. The third-order valence-corrected chi connectivity index (χ3v) is 2.01. The molecule has 0 heterocycles. The lowest BCUT2D eigenvalue weighted by Gasteiger charge is -2.20. The third kappa shape index (κ3) is 4.12. The number of benzene rings is 1. The van der Waals surface area contributed by atoms with Crippen LogP contribution in [-0.2, 0) is 9.47 Å². The van der Waals surface area contributed by atoms with Gasteiger partial charge in [0.15, 0.2) is 13.6 Å². The molecule has 1 rings (SSSR count).